The van der Waals surface area contributed by atoms with Crippen molar-refractivity contribution in [2.24, 2.45) is 0 Å². The molecular formula is C42H29N3O. The predicted octanol–water partition coefficient (Wildman–Crippen LogP) is 10.8. The third-order valence-electron chi connectivity index (χ3n) is 8.46. The zero-order valence-corrected chi connectivity index (χ0v) is 25.3. The molecule has 0 saturated heterocycles. The molecule has 0 saturated carbocycles. The summed E-state index contributed by atoms with van der Waals surface area (Å²) in [7, 11) is 0. The zero-order chi connectivity index (χ0) is 31.0. The topological polar surface area (TPSA) is 51.8 Å². The molecule has 0 N–H and O–H groups in total. The van der Waals surface area contributed by atoms with E-state index in [1.54, 1.807) is 0 Å². The first-order valence-electron chi connectivity index (χ1n) is 15.3. The van der Waals surface area contributed by atoms with Crippen molar-refractivity contribution >= 4 is 27.5 Å². The first-order chi connectivity index (χ1) is 22.7. The molecule has 46 heavy (non-hydrogen) atoms. The van der Waals surface area contributed by atoms with Crippen molar-refractivity contribution in [3.8, 4) is 45.3 Å². The second kappa shape index (κ2) is 11.4. The number of nitrogens with zero attached hydrogens (tertiary/aromatic N) is 3. The average Bonchev–Trinajstić information content (AvgIpc) is 3.51. The Morgan fingerprint density at radius 1 is 0.478 bits per heavy atom. The molecule has 0 aliphatic rings. The van der Waals surface area contributed by atoms with Crippen LogP contribution in [0.15, 0.2) is 157 Å². The van der Waals surface area contributed by atoms with Crippen LogP contribution in [0, 0.1) is 6.92 Å². The molecule has 0 atom stereocenters. The van der Waals surface area contributed by atoms with Crippen LogP contribution in [0.1, 0.15) is 16.7 Å². The van der Waals surface area contributed by atoms with Crippen LogP contribution in [0.2, 0.25) is 0 Å². The van der Waals surface area contributed by atoms with Gasteiger partial charge in [0.15, 0.2) is 17.5 Å². The highest BCUT2D eigenvalue weighted by molar-refractivity contribution is 6.18. The van der Waals surface area contributed by atoms with Gasteiger partial charge in [0.2, 0.25) is 0 Å². The van der Waals surface area contributed by atoms with Crippen LogP contribution in [0.25, 0.3) is 72.8 Å². The zero-order valence-electron chi connectivity index (χ0n) is 25.3. The van der Waals surface area contributed by atoms with Crippen LogP contribution in [-0.4, -0.2) is 15.0 Å². The number of aromatic nitrogens is 3. The SMILES string of the molecule is C=C(c1ccccc1)c1c(-c2ccccc2C)ccc2oc3cccc(-c4nc(-c5ccccc5)nc(-c5ccccc5)n4)c3c12. The Bertz CT molecular complexity index is 2320. The van der Waals surface area contributed by atoms with Gasteiger partial charge in [-0.1, -0.05) is 134 Å². The summed E-state index contributed by atoms with van der Waals surface area (Å²) < 4.78 is 6.58. The van der Waals surface area contributed by atoms with Crippen LogP contribution in [0.3, 0.4) is 0 Å². The van der Waals surface area contributed by atoms with Crippen molar-refractivity contribution in [2.75, 3.05) is 0 Å². The molecule has 4 nitrogen and oxygen atoms in total. The van der Waals surface area contributed by atoms with E-state index in [1.165, 1.54) is 5.56 Å². The van der Waals surface area contributed by atoms with Crippen LogP contribution in [-0.2, 0) is 0 Å². The smallest absolute Gasteiger partial charge is 0.164 e. The third-order valence-corrected chi connectivity index (χ3v) is 8.46. The number of hydrogen-bond donors (Lipinski definition) is 0. The lowest BCUT2D eigenvalue weighted by atomic mass is 9.86. The number of benzene rings is 6. The summed E-state index contributed by atoms with van der Waals surface area (Å²) in [6.45, 7) is 6.82. The largest absolute Gasteiger partial charge is 0.456 e. The van der Waals surface area contributed by atoms with E-state index in [4.69, 9.17) is 19.4 Å². The first-order valence-corrected chi connectivity index (χ1v) is 15.3. The molecule has 6 aromatic carbocycles. The highest BCUT2D eigenvalue weighted by atomic mass is 16.3. The molecule has 0 spiro atoms. The van der Waals surface area contributed by atoms with Crippen molar-refractivity contribution in [1.29, 1.82) is 0 Å². The van der Waals surface area contributed by atoms with E-state index in [1.807, 2.05) is 91.0 Å². The predicted molar refractivity (Wildman–Crippen MR) is 188 cm³/mol. The number of hydrogen-bond acceptors (Lipinski definition) is 4. The van der Waals surface area contributed by atoms with E-state index < -0.39 is 0 Å². The van der Waals surface area contributed by atoms with Crippen LogP contribution in [0.5, 0.6) is 0 Å². The lowest BCUT2D eigenvalue weighted by Crippen LogP contribution is -2.00. The van der Waals surface area contributed by atoms with Crippen molar-refractivity contribution in [1.82, 2.24) is 15.0 Å². The summed E-state index contributed by atoms with van der Waals surface area (Å²) in [6.07, 6.45) is 0. The maximum Gasteiger partial charge on any atom is 0.164 e. The summed E-state index contributed by atoms with van der Waals surface area (Å²) in [5, 5.41) is 1.94. The lowest BCUT2D eigenvalue weighted by Gasteiger charge is -2.16. The van der Waals surface area contributed by atoms with Crippen LogP contribution >= 0.6 is 0 Å². The Morgan fingerprint density at radius 2 is 1.02 bits per heavy atom. The monoisotopic (exact) mass is 591 g/mol. The molecule has 2 aromatic heterocycles. The van der Waals surface area contributed by atoms with Gasteiger partial charge in [-0.3, -0.25) is 0 Å². The molecule has 8 rings (SSSR count). The molecule has 2 heterocycles. The summed E-state index contributed by atoms with van der Waals surface area (Å²) in [4.78, 5) is 15.1. The second-order valence-electron chi connectivity index (χ2n) is 11.3. The van der Waals surface area contributed by atoms with Gasteiger partial charge in [0.25, 0.3) is 0 Å². The summed E-state index contributed by atoms with van der Waals surface area (Å²) in [5.41, 5.74) is 10.7. The molecule has 0 aliphatic heterocycles. The molecule has 0 amide bonds. The fourth-order valence-corrected chi connectivity index (χ4v) is 6.22. The molecule has 0 unspecified atom stereocenters. The van der Waals surface area contributed by atoms with E-state index >= 15 is 0 Å². The minimum absolute atomic E-state index is 0.582. The summed E-state index contributed by atoms with van der Waals surface area (Å²) >= 11 is 0. The van der Waals surface area contributed by atoms with E-state index in [0.717, 1.165) is 66.5 Å². The lowest BCUT2D eigenvalue weighted by molar-refractivity contribution is 0.669. The van der Waals surface area contributed by atoms with Crippen molar-refractivity contribution in [2.45, 2.75) is 6.92 Å². The third kappa shape index (κ3) is 4.77. The molecule has 8 aromatic rings. The standard InChI is InChI=1S/C42H29N3O/c1-27-15-12-13-22-32(27)33-25-26-36-39(37(33)28(2)29-16-6-3-7-17-29)38-34(23-14-24-35(38)46-36)42-44-40(30-18-8-4-9-19-30)43-41(45-42)31-20-10-5-11-21-31/h3-26H,2H2,1H3. The van der Waals surface area contributed by atoms with Gasteiger partial charge in [0.05, 0.1) is 0 Å². The minimum Gasteiger partial charge on any atom is -0.456 e. The fraction of sp³-hybridized carbons (Fsp3) is 0.0238. The van der Waals surface area contributed by atoms with Crippen molar-refractivity contribution in [3.05, 3.63) is 169 Å². The van der Waals surface area contributed by atoms with Gasteiger partial charge in [-0.25, -0.2) is 15.0 Å². The molecule has 0 aliphatic carbocycles. The Morgan fingerprint density at radius 3 is 1.67 bits per heavy atom. The highest BCUT2D eigenvalue weighted by Gasteiger charge is 2.23. The Hall–Kier alpha value is -6.13. The van der Waals surface area contributed by atoms with Crippen LogP contribution in [0.4, 0.5) is 0 Å². The first kappa shape index (κ1) is 27.4. The molecule has 218 valence electrons. The molecular weight excluding hydrogens is 562 g/mol. The summed E-state index contributed by atoms with van der Waals surface area (Å²) in [5.74, 6) is 1.81. The minimum atomic E-state index is 0.582. The van der Waals surface area contributed by atoms with Gasteiger partial charge in [-0.05, 0) is 52.9 Å². The molecule has 0 radical (unpaired) electrons. The quantitative estimate of drug-likeness (QED) is 0.193. The van der Waals surface area contributed by atoms with E-state index in [2.05, 4.69) is 68.1 Å². The highest BCUT2D eigenvalue weighted by Crippen LogP contribution is 2.45. The molecule has 0 bridgehead atoms. The van der Waals surface area contributed by atoms with E-state index in [0.29, 0.717) is 17.5 Å². The van der Waals surface area contributed by atoms with Gasteiger partial charge >= 0.3 is 0 Å². The number of furan rings is 1. The van der Waals surface area contributed by atoms with Crippen molar-refractivity contribution in [3.63, 3.8) is 0 Å². The Kier molecular flexibility index (Phi) is 6.81. The van der Waals surface area contributed by atoms with Gasteiger partial charge in [-0.15, -0.1) is 0 Å². The van der Waals surface area contributed by atoms with E-state index in [9.17, 15) is 0 Å². The van der Waals surface area contributed by atoms with Crippen molar-refractivity contribution < 1.29 is 4.42 Å². The average molecular weight is 592 g/mol. The molecule has 4 heteroatoms. The Balaban J connectivity index is 1.46. The van der Waals surface area contributed by atoms with Gasteiger partial charge in [0, 0.05) is 33.0 Å². The fourth-order valence-electron chi connectivity index (χ4n) is 6.22. The maximum atomic E-state index is 6.58. The van der Waals surface area contributed by atoms with E-state index in [-0.39, 0.29) is 0 Å². The van der Waals surface area contributed by atoms with Crippen LogP contribution < -0.4 is 0 Å². The van der Waals surface area contributed by atoms with Gasteiger partial charge in [0.1, 0.15) is 11.2 Å². The number of rotatable bonds is 6. The van der Waals surface area contributed by atoms with Gasteiger partial charge < -0.3 is 4.42 Å². The maximum absolute atomic E-state index is 6.58. The van der Waals surface area contributed by atoms with Gasteiger partial charge in [-0.2, -0.15) is 0 Å². The second-order valence-corrected chi connectivity index (χ2v) is 11.3. The molecule has 0 fully saturated rings. The number of aryl methyl sites for hydroxylation is 1. The summed E-state index contributed by atoms with van der Waals surface area (Å²) in [6, 6.07) is 49.2. The Labute approximate surface area is 267 Å². The normalized spacial score (nSPS) is 11.2. The number of fused-ring (bicyclic) bond motifs is 3.